The topological polar surface area (TPSA) is 70.5 Å². The lowest BCUT2D eigenvalue weighted by molar-refractivity contribution is 0.307. The highest BCUT2D eigenvalue weighted by molar-refractivity contribution is 5.86. The summed E-state index contributed by atoms with van der Waals surface area (Å²) < 4.78 is 12.5. The van der Waals surface area contributed by atoms with Crippen LogP contribution in [0.5, 0.6) is 11.5 Å². The summed E-state index contributed by atoms with van der Waals surface area (Å²) in [4.78, 5) is 0. The zero-order valence-corrected chi connectivity index (χ0v) is 31.2. The van der Waals surface area contributed by atoms with Crippen LogP contribution in [0.15, 0.2) is 133 Å². The van der Waals surface area contributed by atoms with Crippen LogP contribution in [0.25, 0.3) is 11.1 Å². The second-order valence-electron chi connectivity index (χ2n) is 14.4. The lowest BCUT2D eigenvalue weighted by Crippen LogP contribution is -2.28. The largest absolute Gasteiger partial charge is 0.493 e. The van der Waals surface area contributed by atoms with Gasteiger partial charge in [0.1, 0.15) is 11.5 Å². The molecule has 0 atom stereocenters. The van der Waals surface area contributed by atoms with E-state index < -0.39 is 5.41 Å². The molecular weight excluding hydrogens is 649 g/mol. The predicted octanol–water partition coefficient (Wildman–Crippen LogP) is 11.1. The van der Waals surface area contributed by atoms with Gasteiger partial charge in [0.05, 0.1) is 18.6 Å². The standard InChI is InChI=1S/C49H52N2O2/c1-3-11-37-33-41(50)27-29-47(37)52-31-9-13-35-19-23-39(24-20-35)49(45-17-7-5-15-43(45)44-16-6-8-18-46(44)49)40-25-21-36(22-26-40)14-10-32-53-48-30-28-42(51)34-38(48)12-4-2/h5-8,15-30,33-34H,3-4,9-14,31-32,50-51H2,1-2H3. The summed E-state index contributed by atoms with van der Waals surface area (Å²) in [7, 11) is 0. The molecular formula is C49H52N2O2. The molecule has 4 N–H and O–H groups in total. The molecule has 53 heavy (non-hydrogen) atoms. The van der Waals surface area contributed by atoms with E-state index in [0.717, 1.165) is 74.2 Å². The number of benzene rings is 6. The Balaban J connectivity index is 1.10. The molecule has 0 heterocycles. The second kappa shape index (κ2) is 16.5. The predicted molar refractivity (Wildman–Crippen MR) is 221 cm³/mol. The van der Waals surface area contributed by atoms with Crippen LogP contribution in [0.1, 0.15) is 84.0 Å². The molecule has 270 valence electrons. The van der Waals surface area contributed by atoms with Gasteiger partial charge in [-0.25, -0.2) is 0 Å². The van der Waals surface area contributed by atoms with Crippen molar-refractivity contribution < 1.29 is 9.47 Å². The summed E-state index contributed by atoms with van der Waals surface area (Å²) in [5.74, 6) is 1.91. The number of ether oxygens (including phenoxy) is 2. The normalized spacial score (nSPS) is 12.6. The van der Waals surface area contributed by atoms with Crippen molar-refractivity contribution in [3.63, 3.8) is 0 Å². The van der Waals surface area contributed by atoms with Crippen molar-refractivity contribution in [3.05, 3.63) is 178 Å². The third kappa shape index (κ3) is 7.55. The number of aryl methyl sites for hydroxylation is 4. The lowest BCUT2D eigenvalue weighted by atomic mass is 9.67. The zero-order chi connectivity index (χ0) is 36.6. The van der Waals surface area contributed by atoms with E-state index in [0.29, 0.717) is 13.2 Å². The van der Waals surface area contributed by atoms with E-state index in [-0.39, 0.29) is 0 Å². The maximum Gasteiger partial charge on any atom is 0.122 e. The van der Waals surface area contributed by atoms with Crippen LogP contribution in [0, 0.1) is 0 Å². The van der Waals surface area contributed by atoms with Gasteiger partial charge in [0.15, 0.2) is 0 Å². The van der Waals surface area contributed by atoms with Crippen molar-refractivity contribution in [1.29, 1.82) is 0 Å². The van der Waals surface area contributed by atoms with E-state index in [2.05, 4.69) is 111 Å². The number of nitrogen functional groups attached to an aromatic ring is 2. The molecule has 7 rings (SSSR count). The summed E-state index contributed by atoms with van der Waals surface area (Å²) in [5, 5.41) is 0. The minimum atomic E-state index is -0.411. The zero-order valence-electron chi connectivity index (χ0n) is 31.2. The van der Waals surface area contributed by atoms with Gasteiger partial charge in [-0.2, -0.15) is 0 Å². The Morgan fingerprint density at radius 3 is 1.30 bits per heavy atom. The summed E-state index contributed by atoms with van der Waals surface area (Å²) >= 11 is 0. The first-order valence-corrected chi connectivity index (χ1v) is 19.4. The molecule has 0 bridgehead atoms. The van der Waals surface area contributed by atoms with E-state index in [4.69, 9.17) is 20.9 Å². The van der Waals surface area contributed by atoms with Crippen LogP contribution in [0.2, 0.25) is 0 Å². The first-order chi connectivity index (χ1) is 26.0. The molecule has 6 aromatic rings. The molecule has 0 aliphatic heterocycles. The molecule has 1 aliphatic rings. The molecule has 6 aromatic carbocycles. The van der Waals surface area contributed by atoms with Gasteiger partial charge >= 0.3 is 0 Å². The number of anilines is 2. The van der Waals surface area contributed by atoms with Crippen LogP contribution in [0.3, 0.4) is 0 Å². The van der Waals surface area contributed by atoms with Gasteiger partial charge in [-0.3, -0.25) is 0 Å². The third-order valence-electron chi connectivity index (χ3n) is 10.7. The molecule has 0 spiro atoms. The Hall–Kier alpha value is -5.48. The van der Waals surface area contributed by atoms with Crippen LogP contribution < -0.4 is 20.9 Å². The lowest BCUT2D eigenvalue weighted by Gasteiger charge is -2.34. The van der Waals surface area contributed by atoms with Crippen LogP contribution in [-0.2, 0) is 31.1 Å². The maximum atomic E-state index is 6.23. The van der Waals surface area contributed by atoms with E-state index in [1.165, 1.54) is 55.6 Å². The fourth-order valence-corrected chi connectivity index (χ4v) is 8.19. The molecule has 0 aromatic heterocycles. The average molecular weight is 701 g/mol. The number of nitrogens with two attached hydrogens (primary N) is 2. The van der Waals surface area contributed by atoms with Gasteiger partial charge in [0.25, 0.3) is 0 Å². The first-order valence-electron chi connectivity index (χ1n) is 19.4. The highest BCUT2D eigenvalue weighted by Gasteiger charge is 2.45. The first kappa shape index (κ1) is 35.9. The van der Waals surface area contributed by atoms with Crippen LogP contribution in [0.4, 0.5) is 11.4 Å². The monoisotopic (exact) mass is 700 g/mol. The van der Waals surface area contributed by atoms with Crippen molar-refractivity contribution >= 4 is 11.4 Å². The fraction of sp³-hybridized carbons (Fsp3) is 0.265. The minimum Gasteiger partial charge on any atom is -0.493 e. The Morgan fingerprint density at radius 2 is 0.887 bits per heavy atom. The number of rotatable bonds is 16. The Labute approximate surface area is 315 Å². The van der Waals surface area contributed by atoms with Crippen molar-refractivity contribution in [2.75, 3.05) is 24.7 Å². The summed E-state index contributed by atoms with van der Waals surface area (Å²) in [6.45, 7) is 5.71. The van der Waals surface area contributed by atoms with E-state index >= 15 is 0 Å². The van der Waals surface area contributed by atoms with Gasteiger partial charge in [0, 0.05) is 11.4 Å². The SMILES string of the molecule is CCCc1cc(N)ccc1OCCCc1ccc(C2(c3ccc(CCCOc4ccc(N)cc4CCC)cc3)c3ccccc3-c3ccccc32)cc1. The van der Waals surface area contributed by atoms with Crippen molar-refractivity contribution in [1.82, 2.24) is 0 Å². The average Bonchev–Trinajstić information content (AvgIpc) is 3.48. The summed E-state index contributed by atoms with van der Waals surface area (Å²) in [6.07, 6.45) is 7.86. The van der Waals surface area contributed by atoms with E-state index in [1.807, 2.05) is 36.4 Å². The summed E-state index contributed by atoms with van der Waals surface area (Å²) in [6, 6.07) is 48.5. The molecule has 0 amide bonds. The summed E-state index contributed by atoms with van der Waals surface area (Å²) in [5.41, 5.74) is 26.1. The van der Waals surface area contributed by atoms with Gasteiger partial charge in [-0.15, -0.1) is 0 Å². The molecule has 4 heteroatoms. The molecule has 0 radical (unpaired) electrons. The molecule has 0 saturated carbocycles. The minimum absolute atomic E-state index is 0.411. The highest BCUT2D eigenvalue weighted by Crippen LogP contribution is 2.56. The molecule has 4 nitrogen and oxygen atoms in total. The fourth-order valence-electron chi connectivity index (χ4n) is 8.19. The van der Waals surface area contributed by atoms with Crippen molar-refractivity contribution in [2.24, 2.45) is 0 Å². The molecule has 0 fully saturated rings. The Kier molecular flexibility index (Phi) is 11.2. The number of fused-ring (bicyclic) bond motifs is 3. The maximum absolute atomic E-state index is 6.23. The van der Waals surface area contributed by atoms with Crippen molar-refractivity contribution in [2.45, 2.75) is 70.6 Å². The number of hydrogen-bond donors (Lipinski definition) is 2. The van der Waals surface area contributed by atoms with Gasteiger partial charge in [-0.1, -0.05) is 124 Å². The van der Waals surface area contributed by atoms with E-state index in [9.17, 15) is 0 Å². The van der Waals surface area contributed by atoms with Crippen LogP contribution >= 0.6 is 0 Å². The molecule has 1 aliphatic carbocycles. The Bertz CT molecular complexity index is 1980. The molecule has 0 unspecified atom stereocenters. The molecule has 0 saturated heterocycles. The van der Waals surface area contributed by atoms with Gasteiger partial charge in [0.2, 0.25) is 0 Å². The van der Waals surface area contributed by atoms with Crippen molar-refractivity contribution in [3.8, 4) is 22.6 Å². The van der Waals surface area contributed by atoms with E-state index in [1.54, 1.807) is 0 Å². The van der Waals surface area contributed by atoms with Gasteiger partial charge < -0.3 is 20.9 Å². The smallest absolute Gasteiger partial charge is 0.122 e. The third-order valence-corrected chi connectivity index (χ3v) is 10.7. The Morgan fingerprint density at radius 1 is 0.472 bits per heavy atom. The second-order valence-corrected chi connectivity index (χ2v) is 14.4. The number of hydrogen-bond acceptors (Lipinski definition) is 4. The van der Waals surface area contributed by atoms with Gasteiger partial charge in [-0.05, 0) is 131 Å². The van der Waals surface area contributed by atoms with Crippen LogP contribution in [-0.4, -0.2) is 13.2 Å². The quantitative estimate of drug-likeness (QED) is 0.0778. The highest BCUT2D eigenvalue weighted by atomic mass is 16.5.